The van der Waals surface area contributed by atoms with Crippen molar-refractivity contribution in [3.05, 3.63) is 39.4 Å². The largest absolute Gasteiger partial charge is 0.427 e. The van der Waals surface area contributed by atoms with Crippen LogP contribution in [0, 0.1) is 27.4 Å². The fourth-order valence-electron chi connectivity index (χ4n) is 6.02. The molecule has 0 saturated heterocycles. The van der Waals surface area contributed by atoms with Crippen molar-refractivity contribution in [1.29, 1.82) is 0 Å². The first-order chi connectivity index (χ1) is 12.4. The van der Waals surface area contributed by atoms with Crippen LogP contribution in [0.2, 0.25) is 0 Å². The minimum Gasteiger partial charge on any atom is -0.427 e. The summed E-state index contributed by atoms with van der Waals surface area (Å²) in [6, 6.07) is 6.02. The van der Waals surface area contributed by atoms with Crippen LogP contribution in [0.15, 0.2) is 18.2 Å². The molecule has 0 heterocycles. The highest BCUT2D eigenvalue weighted by Crippen LogP contribution is 2.61. The number of carbonyl (C=O) groups is 1. The highest BCUT2D eigenvalue weighted by molar-refractivity contribution is 5.69. The van der Waals surface area contributed by atoms with Gasteiger partial charge in [0, 0.05) is 6.92 Å². The van der Waals surface area contributed by atoms with Crippen molar-refractivity contribution in [2.75, 3.05) is 0 Å². The Hall–Kier alpha value is -2.11. The van der Waals surface area contributed by atoms with E-state index in [0.717, 1.165) is 38.5 Å². The van der Waals surface area contributed by atoms with Gasteiger partial charge in [-0.2, -0.15) is 0 Å². The van der Waals surface area contributed by atoms with E-state index in [9.17, 15) is 14.9 Å². The van der Waals surface area contributed by atoms with Crippen LogP contribution in [0.1, 0.15) is 63.0 Å². The highest BCUT2D eigenvalue weighted by atomic mass is 17.0. The van der Waals surface area contributed by atoms with Gasteiger partial charge >= 0.3 is 5.97 Å². The summed E-state index contributed by atoms with van der Waals surface area (Å²) in [6.45, 7) is 3.61. The summed E-state index contributed by atoms with van der Waals surface area (Å²) in [4.78, 5) is 27.1. The molecule has 0 aliphatic heterocycles. The standard InChI is InChI=1S/C20H25NO5/c1-12(22)25-14-4-6-15-13(11-14)3-5-17-16(15)9-10-20(2)18(17)7-8-19(20)26-21(23)24/h4,6,11,16-19H,3,5,7-10H2,1-2H3/t16-,17-,18+,19?,20+/m1/s1. The summed E-state index contributed by atoms with van der Waals surface area (Å²) in [5, 5.41) is 10.3. The monoisotopic (exact) mass is 359 g/mol. The Kier molecular flexibility index (Phi) is 4.16. The maximum absolute atomic E-state index is 11.2. The lowest BCUT2D eigenvalue weighted by molar-refractivity contribution is -0.772. The van der Waals surface area contributed by atoms with Crippen LogP contribution in [-0.2, 0) is 16.1 Å². The number of aryl methyl sites for hydroxylation is 1. The van der Waals surface area contributed by atoms with Gasteiger partial charge in [0.05, 0.1) is 0 Å². The summed E-state index contributed by atoms with van der Waals surface area (Å²) in [6.07, 6.45) is 5.58. The number of carbonyl (C=O) groups excluding carboxylic acids is 1. The van der Waals surface area contributed by atoms with Crippen LogP contribution < -0.4 is 4.74 Å². The van der Waals surface area contributed by atoms with Crippen LogP contribution >= 0.6 is 0 Å². The summed E-state index contributed by atoms with van der Waals surface area (Å²) in [5.41, 5.74) is 2.56. The second-order valence-electron chi connectivity index (χ2n) is 8.31. The molecule has 2 fully saturated rings. The Morgan fingerprint density at radius 3 is 2.81 bits per heavy atom. The molecule has 26 heavy (non-hydrogen) atoms. The van der Waals surface area contributed by atoms with Gasteiger partial charge in [0.2, 0.25) is 0 Å². The van der Waals surface area contributed by atoms with Gasteiger partial charge in [-0.25, -0.2) is 0 Å². The van der Waals surface area contributed by atoms with Gasteiger partial charge in [0.25, 0.3) is 5.09 Å². The number of esters is 1. The van der Waals surface area contributed by atoms with E-state index < -0.39 is 5.09 Å². The molecule has 0 aromatic heterocycles. The van der Waals surface area contributed by atoms with E-state index >= 15 is 0 Å². The van der Waals surface area contributed by atoms with Crippen molar-refractivity contribution in [2.24, 2.45) is 17.3 Å². The van der Waals surface area contributed by atoms with Crippen LogP contribution in [0.4, 0.5) is 0 Å². The SMILES string of the molecule is CC(=O)Oc1ccc2c(c1)CC[C@@H]1[C@@H]2CC[C@]2(C)C(O[N+](=O)[O-])CC[C@@H]12. The molecule has 140 valence electrons. The number of benzene rings is 1. The van der Waals surface area contributed by atoms with Gasteiger partial charge in [-0.15, -0.1) is 10.1 Å². The number of rotatable bonds is 3. The molecular formula is C20H25NO5. The van der Waals surface area contributed by atoms with Crippen LogP contribution in [0.25, 0.3) is 0 Å². The lowest BCUT2D eigenvalue weighted by Gasteiger charge is -2.50. The molecule has 0 radical (unpaired) electrons. The van der Waals surface area contributed by atoms with Gasteiger partial charge in [0.1, 0.15) is 11.9 Å². The number of nitrogens with zero attached hydrogens (tertiary/aromatic N) is 1. The van der Waals surface area contributed by atoms with Crippen molar-refractivity contribution in [3.8, 4) is 5.75 Å². The third-order valence-electron chi connectivity index (χ3n) is 7.09. The van der Waals surface area contributed by atoms with Crippen LogP contribution in [-0.4, -0.2) is 17.2 Å². The van der Waals surface area contributed by atoms with Crippen molar-refractivity contribution >= 4 is 5.97 Å². The molecule has 6 heteroatoms. The Labute approximate surface area is 153 Å². The molecule has 0 amide bonds. The van der Waals surface area contributed by atoms with Gasteiger partial charge < -0.3 is 9.57 Å². The molecule has 1 unspecified atom stereocenters. The second kappa shape index (κ2) is 6.25. The molecule has 0 spiro atoms. The molecule has 2 saturated carbocycles. The zero-order valence-corrected chi connectivity index (χ0v) is 15.3. The van der Waals surface area contributed by atoms with E-state index in [1.807, 2.05) is 12.1 Å². The first-order valence-corrected chi connectivity index (χ1v) is 9.51. The smallest absolute Gasteiger partial charge is 0.308 e. The molecule has 1 aromatic rings. The highest BCUT2D eigenvalue weighted by Gasteiger charge is 2.56. The van der Waals surface area contributed by atoms with Crippen molar-refractivity contribution in [2.45, 2.75) is 64.4 Å². The molecule has 0 bridgehead atoms. The molecule has 5 atom stereocenters. The number of hydrogen-bond donors (Lipinski definition) is 0. The van der Waals surface area contributed by atoms with Crippen LogP contribution in [0.5, 0.6) is 5.75 Å². The van der Waals surface area contributed by atoms with Crippen molar-refractivity contribution < 1.29 is 19.5 Å². The fourth-order valence-corrected chi connectivity index (χ4v) is 6.02. The number of fused-ring (bicyclic) bond motifs is 5. The maximum Gasteiger partial charge on any atom is 0.308 e. The molecular weight excluding hydrogens is 334 g/mol. The zero-order valence-electron chi connectivity index (χ0n) is 15.3. The lowest BCUT2D eigenvalue weighted by atomic mass is 9.55. The minimum absolute atomic E-state index is 0.0938. The number of hydrogen-bond acceptors (Lipinski definition) is 5. The van der Waals surface area contributed by atoms with E-state index in [4.69, 9.17) is 9.57 Å². The Morgan fingerprint density at radius 1 is 1.27 bits per heavy atom. The topological polar surface area (TPSA) is 78.7 Å². The Bertz CT molecular complexity index is 748. The summed E-state index contributed by atoms with van der Waals surface area (Å²) in [5.74, 6) is 1.86. The zero-order chi connectivity index (χ0) is 18.5. The Morgan fingerprint density at radius 2 is 2.08 bits per heavy atom. The van der Waals surface area contributed by atoms with E-state index in [1.54, 1.807) is 0 Å². The predicted octanol–water partition coefficient (Wildman–Crippen LogP) is 4.04. The molecule has 0 N–H and O–H groups in total. The second-order valence-corrected chi connectivity index (χ2v) is 8.31. The summed E-state index contributed by atoms with van der Waals surface area (Å²) in [7, 11) is 0. The van der Waals surface area contributed by atoms with Crippen molar-refractivity contribution in [1.82, 2.24) is 0 Å². The van der Waals surface area contributed by atoms with E-state index in [1.165, 1.54) is 18.1 Å². The first-order valence-electron chi connectivity index (χ1n) is 9.51. The van der Waals surface area contributed by atoms with E-state index in [2.05, 4.69) is 13.0 Å². The quantitative estimate of drug-likeness (QED) is 0.352. The molecule has 3 aliphatic rings. The van der Waals surface area contributed by atoms with Crippen LogP contribution in [0.3, 0.4) is 0 Å². The average Bonchev–Trinajstić information content (AvgIpc) is 2.90. The van der Waals surface area contributed by atoms with Gasteiger partial charge in [-0.1, -0.05) is 13.0 Å². The predicted molar refractivity (Wildman–Crippen MR) is 94.2 cm³/mol. The average molecular weight is 359 g/mol. The molecule has 4 rings (SSSR count). The summed E-state index contributed by atoms with van der Waals surface area (Å²) < 4.78 is 5.23. The number of ether oxygens (including phenoxy) is 1. The van der Waals surface area contributed by atoms with E-state index in [-0.39, 0.29) is 17.5 Å². The summed E-state index contributed by atoms with van der Waals surface area (Å²) >= 11 is 0. The lowest BCUT2D eigenvalue weighted by Crippen LogP contribution is -2.45. The van der Waals surface area contributed by atoms with Gasteiger partial charge in [0.15, 0.2) is 0 Å². The maximum atomic E-state index is 11.2. The van der Waals surface area contributed by atoms with Crippen molar-refractivity contribution in [3.63, 3.8) is 0 Å². The normalized spacial score (nSPS) is 35.0. The third kappa shape index (κ3) is 2.75. The molecule has 1 aromatic carbocycles. The van der Waals surface area contributed by atoms with E-state index in [0.29, 0.717) is 23.5 Å². The third-order valence-corrected chi connectivity index (χ3v) is 7.09. The molecule has 6 nitrogen and oxygen atoms in total. The first kappa shape index (κ1) is 17.3. The molecule has 3 aliphatic carbocycles. The Balaban J connectivity index is 1.58. The fraction of sp³-hybridized carbons (Fsp3) is 0.650. The minimum atomic E-state index is -0.614. The van der Waals surface area contributed by atoms with Gasteiger partial charge in [-0.05, 0) is 85.0 Å². The van der Waals surface area contributed by atoms with Gasteiger partial charge in [-0.3, -0.25) is 4.79 Å².